The number of carbonyl (C=O) groups excluding carboxylic acids is 2. The second-order valence-electron chi connectivity index (χ2n) is 16.4. The number of esters is 2. The Labute approximate surface area is 367 Å². The van der Waals surface area contributed by atoms with Gasteiger partial charge in [-0.15, -0.1) is 0 Å². The molecule has 2 atom stereocenters. The first-order valence-corrected chi connectivity index (χ1v) is 24.8. The highest BCUT2D eigenvalue weighted by atomic mass is 31.2. The lowest BCUT2D eigenvalue weighted by Gasteiger charge is -2.24. The average Bonchev–Trinajstić information content (AvgIpc) is 3.20. The smallest absolute Gasteiger partial charge is 0.462 e. The van der Waals surface area contributed by atoms with Crippen molar-refractivity contribution in [2.75, 3.05) is 47.5 Å². The van der Waals surface area contributed by atoms with Crippen LogP contribution in [0.15, 0.2) is 85.1 Å². The topological polar surface area (TPSA) is 108 Å². The molecule has 0 aromatic heterocycles. The van der Waals surface area contributed by atoms with Crippen LogP contribution in [0.1, 0.15) is 168 Å². The molecular formula is C50H87NO8P+. The number of allylic oxidation sites excluding steroid dienone is 13. The van der Waals surface area contributed by atoms with Crippen LogP contribution in [0.2, 0.25) is 0 Å². The van der Waals surface area contributed by atoms with Crippen molar-refractivity contribution >= 4 is 19.8 Å². The SMILES string of the molecule is CC/C=C\C/C=C\C/C=C\C/C=C\C/C=C\CC(=O)OC(COC(=O)CCCCCCCCCCC/C=C\C/C=C\CCCCCCC)COP(=O)(O)OCC[N+](C)(C)C. The molecule has 0 saturated heterocycles. The normalized spacial score (nSPS) is 14.3. The summed E-state index contributed by atoms with van der Waals surface area (Å²) in [5, 5.41) is 0. The monoisotopic (exact) mass is 861 g/mol. The Bertz CT molecular complexity index is 1290. The molecular weight excluding hydrogens is 774 g/mol. The van der Waals surface area contributed by atoms with Crippen molar-refractivity contribution in [3.63, 3.8) is 0 Å². The van der Waals surface area contributed by atoms with Gasteiger partial charge in [0.25, 0.3) is 0 Å². The number of phosphoric acid groups is 1. The van der Waals surface area contributed by atoms with Crippen LogP contribution in [-0.4, -0.2) is 74.9 Å². The fraction of sp³-hybridized carbons (Fsp3) is 0.680. The van der Waals surface area contributed by atoms with Gasteiger partial charge in [-0.2, -0.15) is 0 Å². The summed E-state index contributed by atoms with van der Waals surface area (Å²) in [6, 6.07) is 0. The van der Waals surface area contributed by atoms with Gasteiger partial charge >= 0.3 is 19.8 Å². The van der Waals surface area contributed by atoms with E-state index in [1.807, 2.05) is 33.3 Å². The van der Waals surface area contributed by atoms with E-state index in [2.05, 4.69) is 80.7 Å². The third-order valence-corrected chi connectivity index (χ3v) is 10.4. The van der Waals surface area contributed by atoms with E-state index in [1.54, 1.807) is 6.08 Å². The van der Waals surface area contributed by atoms with Crippen LogP contribution >= 0.6 is 7.82 Å². The molecule has 0 rings (SSSR count). The molecule has 10 heteroatoms. The summed E-state index contributed by atoms with van der Waals surface area (Å²) in [6.07, 6.45) is 53.8. The summed E-state index contributed by atoms with van der Waals surface area (Å²) in [5.74, 6) is -0.957. The maximum absolute atomic E-state index is 12.6. The highest BCUT2D eigenvalue weighted by Gasteiger charge is 2.27. The molecule has 0 fully saturated rings. The van der Waals surface area contributed by atoms with E-state index in [-0.39, 0.29) is 26.1 Å². The van der Waals surface area contributed by atoms with Gasteiger partial charge in [0.1, 0.15) is 19.8 Å². The number of likely N-dealkylation sites (N-methyl/N-ethyl adjacent to an activating group) is 1. The number of unbranched alkanes of at least 4 members (excludes halogenated alkanes) is 14. The molecule has 0 bridgehead atoms. The number of rotatable bonds is 41. The van der Waals surface area contributed by atoms with Crippen LogP contribution in [0.5, 0.6) is 0 Å². The van der Waals surface area contributed by atoms with Crippen LogP contribution in [-0.2, 0) is 32.7 Å². The van der Waals surface area contributed by atoms with Crippen LogP contribution in [0, 0.1) is 0 Å². The summed E-state index contributed by atoms with van der Waals surface area (Å²) >= 11 is 0. The number of hydrogen-bond acceptors (Lipinski definition) is 7. The fourth-order valence-electron chi connectivity index (χ4n) is 5.82. The molecule has 0 aliphatic heterocycles. The quantitative estimate of drug-likeness (QED) is 0.0213. The predicted octanol–water partition coefficient (Wildman–Crippen LogP) is 13.6. The molecule has 0 aliphatic rings. The van der Waals surface area contributed by atoms with Crippen molar-refractivity contribution in [1.29, 1.82) is 0 Å². The van der Waals surface area contributed by atoms with Gasteiger partial charge < -0.3 is 18.9 Å². The molecule has 0 aliphatic carbocycles. The maximum Gasteiger partial charge on any atom is 0.472 e. The van der Waals surface area contributed by atoms with Crippen LogP contribution in [0.3, 0.4) is 0 Å². The molecule has 0 heterocycles. The molecule has 0 radical (unpaired) electrons. The van der Waals surface area contributed by atoms with Gasteiger partial charge in [-0.3, -0.25) is 18.6 Å². The number of phosphoric ester groups is 1. The second-order valence-corrected chi connectivity index (χ2v) is 17.9. The standard InChI is InChI=1S/C50H86NO8P/c1-6-8-10-12-14-16-18-20-22-23-24-25-26-27-29-30-32-34-36-38-40-42-49(52)56-46-48(47-58-60(54,55)57-45-44-51(3,4)5)59-50(53)43-41-39-37-35-33-31-28-21-19-17-15-13-11-9-7-2/h9,11,15,17-18,20-21,23-24,28,33,35,39,41,48H,6-8,10,12-14,16,19,22,25-27,29-32,34,36-38,40,42-47H2,1-5H3/p+1/b11-9-,17-15-,20-18-,24-23-,28-21-,35-33-,41-39-. The maximum atomic E-state index is 12.6. The third kappa shape index (κ3) is 44.7. The Morgan fingerprint density at radius 3 is 1.50 bits per heavy atom. The molecule has 1 N–H and O–H groups in total. The molecule has 60 heavy (non-hydrogen) atoms. The first-order chi connectivity index (χ1) is 29.0. The number of quaternary nitrogens is 1. The number of hydrogen-bond donors (Lipinski definition) is 1. The van der Waals surface area contributed by atoms with Gasteiger partial charge in [-0.25, -0.2) is 4.57 Å². The van der Waals surface area contributed by atoms with Gasteiger partial charge in [-0.1, -0.05) is 170 Å². The van der Waals surface area contributed by atoms with Gasteiger partial charge in [0.15, 0.2) is 6.10 Å². The zero-order chi connectivity index (χ0) is 44.3. The van der Waals surface area contributed by atoms with E-state index < -0.39 is 32.5 Å². The minimum atomic E-state index is -4.41. The van der Waals surface area contributed by atoms with Crippen molar-refractivity contribution in [1.82, 2.24) is 0 Å². The van der Waals surface area contributed by atoms with Crippen molar-refractivity contribution in [2.24, 2.45) is 0 Å². The van der Waals surface area contributed by atoms with Crippen molar-refractivity contribution in [2.45, 2.75) is 174 Å². The number of nitrogens with zero attached hydrogens (tertiary/aromatic N) is 1. The first-order valence-electron chi connectivity index (χ1n) is 23.3. The lowest BCUT2D eigenvalue weighted by Crippen LogP contribution is -2.37. The molecule has 0 amide bonds. The zero-order valence-electron chi connectivity index (χ0n) is 38.7. The minimum absolute atomic E-state index is 0.00352. The summed E-state index contributed by atoms with van der Waals surface area (Å²) in [4.78, 5) is 35.4. The van der Waals surface area contributed by atoms with Crippen LogP contribution < -0.4 is 0 Å². The molecule has 0 saturated carbocycles. The molecule has 344 valence electrons. The Morgan fingerprint density at radius 2 is 1.00 bits per heavy atom. The van der Waals surface area contributed by atoms with Gasteiger partial charge in [0, 0.05) is 6.42 Å². The summed E-state index contributed by atoms with van der Waals surface area (Å²) in [6.45, 7) is 4.17. The lowest BCUT2D eigenvalue weighted by molar-refractivity contribution is -0.870. The Balaban J connectivity index is 4.41. The number of carbonyl (C=O) groups is 2. The van der Waals surface area contributed by atoms with E-state index in [9.17, 15) is 19.0 Å². The summed E-state index contributed by atoms with van der Waals surface area (Å²) in [7, 11) is 1.41. The fourth-order valence-corrected chi connectivity index (χ4v) is 6.57. The minimum Gasteiger partial charge on any atom is -0.462 e. The highest BCUT2D eigenvalue weighted by Crippen LogP contribution is 2.43. The Kier molecular flexibility index (Phi) is 39.6. The van der Waals surface area contributed by atoms with E-state index in [0.717, 1.165) is 64.2 Å². The number of ether oxygens (including phenoxy) is 2. The average molecular weight is 861 g/mol. The predicted molar refractivity (Wildman–Crippen MR) is 252 cm³/mol. The van der Waals surface area contributed by atoms with Crippen molar-refractivity contribution in [3.8, 4) is 0 Å². The van der Waals surface area contributed by atoms with Gasteiger partial charge in [0.05, 0.1) is 34.2 Å². The first kappa shape index (κ1) is 57.2. The molecule has 0 spiro atoms. The van der Waals surface area contributed by atoms with E-state index in [1.165, 1.54) is 70.6 Å². The third-order valence-electron chi connectivity index (χ3n) is 9.44. The zero-order valence-corrected chi connectivity index (χ0v) is 39.6. The highest BCUT2D eigenvalue weighted by molar-refractivity contribution is 7.47. The lowest BCUT2D eigenvalue weighted by atomic mass is 10.1. The van der Waals surface area contributed by atoms with Gasteiger partial charge in [0.2, 0.25) is 0 Å². The molecule has 2 unspecified atom stereocenters. The largest absolute Gasteiger partial charge is 0.472 e. The molecule has 9 nitrogen and oxygen atoms in total. The van der Waals surface area contributed by atoms with Crippen LogP contribution in [0.25, 0.3) is 0 Å². The van der Waals surface area contributed by atoms with E-state index >= 15 is 0 Å². The van der Waals surface area contributed by atoms with E-state index in [4.69, 9.17) is 18.5 Å². The van der Waals surface area contributed by atoms with Crippen molar-refractivity contribution < 1.29 is 42.1 Å². The van der Waals surface area contributed by atoms with Crippen LogP contribution in [0.4, 0.5) is 0 Å². The Hall–Kier alpha value is -2.81. The van der Waals surface area contributed by atoms with Crippen molar-refractivity contribution in [3.05, 3.63) is 85.1 Å². The summed E-state index contributed by atoms with van der Waals surface area (Å²) < 4.78 is 34.2. The second kappa shape index (κ2) is 41.5. The van der Waals surface area contributed by atoms with Gasteiger partial charge in [-0.05, 0) is 70.6 Å². The molecule has 0 aromatic carbocycles. The van der Waals surface area contributed by atoms with E-state index in [0.29, 0.717) is 17.4 Å². The Morgan fingerprint density at radius 1 is 0.550 bits per heavy atom. The molecule has 0 aromatic rings. The summed E-state index contributed by atoms with van der Waals surface area (Å²) in [5.41, 5.74) is 0.